The molecule has 78 heavy (non-hydrogen) atoms. The van der Waals surface area contributed by atoms with Gasteiger partial charge in [0.25, 0.3) is 23.3 Å². The van der Waals surface area contributed by atoms with Crippen LogP contribution in [0.4, 0.5) is 28.7 Å². The van der Waals surface area contributed by atoms with Gasteiger partial charge in [-0.3, -0.25) is 63.7 Å². The highest BCUT2D eigenvalue weighted by Gasteiger charge is 2.47. The van der Waals surface area contributed by atoms with Crippen LogP contribution in [0, 0.1) is 5.41 Å². The van der Waals surface area contributed by atoms with Crippen LogP contribution in [0.5, 0.6) is 0 Å². The molecule has 2 aromatic carbocycles. The molecule has 1 aliphatic carbocycles. The van der Waals surface area contributed by atoms with Crippen molar-refractivity contribution in [2.45, 2.75) is 104 Å². The SMILES string of the molecule is C[C@H]1CN(C2CCN(c3cccc4c3C(=O)N(C3CCC(=O)NC3=O)C4=O)[C@@H](C)C2)CCN1c1ccc(Nc2nc(-c3ccnc(N4CCn5c(cc6c5CC(C)(C)C6)C4=O)c3CO)cn(C)c2=O)cc1C=CC(=O)NC=O. The van der Waals surface area contributed by atoms with Crippen molar-refractivity contribution in [3.05, 3.63) is 117 Å². The number of aromatic nitrogens is 4. The van der Waals surface area contributed by atoms with Crippen LogP contribution in [0.15, 0.2) is 71.8 Å². The Hall–Kier alpha value is -8.30. The summed E-state index contributed by atoms with van der Waals surface area (Å²) in [6.45, 7) is 12.0. The number of carbonyl (C=O) groups excluding carboxylic acids is 7. The number of piperidine rings is 2. The molecule has 0 bridgehead atoms. The van der Waals surface area contributed by atoms with Gasteiger partial charge in [-0.2, -0.15) is 0 Å². The Morgan fingerprint density at radius 1 is 0.885 bits per heavy atom. The molecule has 7 amide bonds. The lowest BCUT2D eigenvalue weighted by Gasteiger charge is -2.48. The van der Waals surface area contributed by atoms with E-state index in [2.05, 4.69) is 67.9 Å². The monoisotopic (exact) mass is 1060 g/mol. The Morgan fingerprint density at radius 2 is 1.69 bits per heavy atom. The lowest BCUT2D eigenvalue weighted by molar-refractivity contribution is -0.136. The van der Waals surface area contributed by atoms with Crippen molar-refractivity contribution in [3.8, 4) is 11.3 Å². The summed E-state index contributed by atoms with van der Waals surface area (Å²) < 4.78 is 3.52. The Balaban J connectivity index is 0.799. The number of aliphatic hydroxyl groups excluding tert-OH is 1. The van der Waals surface area contributed by atoms with E-state index >= 15 is 0 Å². The number of nitrogens with zero attached hydrogens (tertiary/aromatic N) is 9. The number of imide groups is 3. The number of carbonyl (C=O) groups is 7. The second kappa shape index (κ2) is 20.2. The van der Waals surface area contributed by atoms with Crippen molar-refractivity contribution in [2.75, 3.05) is 52.7 Å². The zero-order valence-corrected chi connectivity index (χ0v) is 44.2. The first kappa shape index (κ1) is 51.8. The van der Waals surface area contributed by atoms with E-state index in [-0.39, 0.29) is 59.2 Å². The largest absolute Gasteiger partial charge is 0.392 e. The van der Waals surface area contributed by atoms with Crippen molar-refractivity contribution >= 4 is 76.6 Å². The van der Waals surface area contributed by atoms with E-state index in [1.54, 1.807) is 48.6 Å². The summed E-state index contributed by atoms with van der Waals surface area (Å²) in [6, 6.07) is 13.7. The van der Waals surface area contributed by atoms with Crippen molar-refractivity contribution in [2.24, 2.45) is 12.5 Å². The number of aliphatic hydroxyl groups is 1. The van der Waals surface area contributed by atoms with Gasteiger partial charge in [0.15, 0.2) is 5.82 Å². The van der Waals surface area contributed by atoms with Gasteiger partial charge in [0.05, 0.1) is 29.1 Å². The smallest absolute Gasteiger partial charge is 0.293 e. The van der Waals surface area contributed by atoms with Gasteiger partial charge in [0.1, 0.15) is 17.6 Å². The van der Waals surface area contributed by atoms with E-state index in [1.165, 1.54) is 21.9 Å². The van der Waals surface area contributed by atoms with Gasteiger partial charge in [-0.1, -0.05) is 19.9 Å². The number of fused-ring (bicyclic) bond motifs is 4. The van der Waals surface area contributed by atoms with E-state index in [0.29, 0.717) is 77.9 Å². The minimum absolute atomic E-state index is 0.00357. The standard InChI is InChI=1S/C57H62N12O9/c1-32-23-37(16-18-65(32)43-8-6-7-39-49(43)55(77)69(53(39)75)44-12-14-48(73)62-52(44)74)64-19-20-66(33(2)28-64)42-11-10-36(24-34(42)9-13-47(72)59-31-71)60-50-56(78)63(5)29-41(61-50)38-15-17-58-51(40(38)30-70)68-22-21-67-45(54(68)76)25-35-26-57(3,4)27-46(35)67/h6-11,13,15,17,24-25,29,31-33,37,44,70H,12,14,16,18-23,26-28,30H2,1-5H3,(H,60,61)(H,59,71,72)(H,62,73,74)/t32-,33-,37?,44?/m0/s1. The van der Waals surface area contributed by atoms with Gasteiger partial charge < -0.3 is 29.4 Å². The maximum Gasteiger partial charge on any atom is 0.293 e. The quantitative estimate of drug-likeness (QED) is 0.0786. The third kappa shape index (κ3) is 9.22. The first-order valence-corrected chi connectivity index (χ1v) is 26.6. The molecule has 0 spiro atoms. The van der Waals surface area contributed by atoms with Crippen LogP contribution in [0.1, 0.15) is 107 Å². The molecule has 5 aliphatic heterocycles. The van der Waals surface area contributed by atoms with E-state index in [0.717, 1.165) is 49.4 Å². The molecule has 4 atom stereocenters. The molecule has 2 unspecified atom stereocenters. The highest BCUT2D eigenvalue weighted by atomic mass is 16.3. The van der Waals surface area contributed by atoms with Crippen LogP contribution in [0.3, 0.4) is 0 Å². The minimum atomic E-state index is -1.05. The maximum atomic E-state index is 14.1. The van der Waals surface area contributed by atoms with E-state index in [4.69, 9.17) is 4.98 Å². The summed E-state index contributed by atoms with van der Waals surface area (Å²) in [6.07, 6.45) is 9.89. The number of amides is 7. The third-order valence-electron chi connectivity index (χ3n) is 16.4. The average Bonchev–Trinajstić information content (AvgIpc) is 4.24. The number of benzene rings is 2. The minimum Gasteiger partial charge on any atom is -0.392 e. The molecule has 21 heteroatoms. The fraction of sp³-hybridized carbons (Fsp3) is 0.404. The molecular formula is C57H62N12O9. The van der Waals surface area contributed by atoms with Gasteiger partial charge in [-0.25, -0.2) is 9.97 Å². The molecule has 11 rings (SSSR count). The van der Waals surface area contributed by atoms with Crippen LogP contribution in [-0.2, 0) is 52.2 Å². The number of anilines is 5. The van der Waals surface area contributed by atoms with Crippen molar-refractivity contribution in [1.82, 2.24) is 39.5 Å². The number of aryl methyl sites for hydroxylation is 1. The summed E-state index contributed by atoms with van der Waals surface area (Å²) in [7, 11) is 1.61. The molecule has 404 valence electrons. The summed E-state index contributed by atoms with van der Waals surface area (Å²) >= 11 is 0. The zero-order valence-electron chi connectivity index (χ0n) is 44.2. The van der Waals surface area contributed by atoms with Crippen LogP contribution >= 0.6 is 0 Å². The maximum absolute atomic E-state index is 14.1. The lowest BCUT2D eigenvalue weighted by Crippen LogP contribution is -2.58. The average molecular weight is 1060 g/mol. The van der Waals surface area contributed by atoms with Crippen LogP contribution in [0.2, 0.25) is 0 Å². The highest BCUT2D eigenvalue weighted by Crippen LogP contribution is 2.42. The second-order valence-corrected chi connectivity index (χ2v) is 22.1. The topological polar surface area (TPSA) is 245 Å². The molecule has 0 radical (unpaired) electrons. The molecule has 3 aromatic heterocycles. The predicted octanol–water partition coefficient (Wildman–Crippen LogP) is 3.92. The van der Waals surface area contributed by atoms with Crippen LogP contribution < -0.4 is 36.2 Å². The molecular weight excluding hydrogens is 997 g/mol. The summed E-state index contributed by atoms with van der Waals surface area (Å²) in [5, 5.41) is 18.5. The second-order valence-electron chi connectivity index (χ2n) is 22.1. The van der Waals surface area contributed by atoms with Gasteiger partial charge in [0.2, 0.25) is 24.1 Å². The number of hydrogen-bond donors (Lipinski definition) is 4. The number of nitrogens with one attached hydrogen (secondary N) is 3. The number of pyridine rings is 1. The summed E-state index contributed by atoms with van der Waals surface area (Å²) in [4.78, 5) is 123. The van der Waals surface area contributed by atoms with Crippen LogP contribution in [0.25, 0.3) is 17.3 Å². The third-order valence-corrected chi connectivity index (χ3v) is 16.4. The fourth-order valence-electron chi connectivity index (χ4n) is 12.7. The lowest BCUT2D eigenvalue weighted by atomic mass is 9.90. The van der Waals surface area contributed by atoms with Gasteiger partial charge in [0, 0.05) is 123 Å². The Labute approximate surface area is 449 Å². The normalized spacial score (nSPS) is 22.2. The fourth-order valence-corrected chi connectivity index (χ4v) is 12.7. The molecule has 8 heterocycles. The van der Waals surface area contributed by atoms with Crippen molar-refractivity contribution in [1.29, 1.82) is 0 Å². The molecule has 0 saturated carbocycles. The van der Waals surface area contributed by atoms with Crippen molar-refractivity contribution in [3.63, 3.8) is 0 Å². The van der Waals surface area contributed by atoms with Crippen LogP contribution in [-0.4, -0.2) is 133 Å². The summed E-state index contributed by atoms with van der Waals surface area (Å²) in [5.74, 6) is -2.62. The number of piperazine rings is 1. The first-order chi connectivity index (χ1) is 37.4. The number of hydrogen-bond acceptors (Lipinski definition) is 15. The molecule has 4 N–H and O–H groups in total. The first-order valence-electron chi connectivity index (χ1n) is 26.6. The highest BCUT2D eigenvalue weighted by molar-refractivity contribution is 6.25. The van der Waals surface area contributed by atoms with E-state index in [1.807, 2.05) is 30.3 Å². The molecule has 6 aliphatic rings. The van der Waals surface area contributed by atoms with Gasteiger partial charge in [-0.05, 0) is 105 Å². The Bertz CT molecular complexity index is 3450. The van der Waals surface area contributed by atoms with E-state index in [9.17, 15) is 43.5 Å². The summed E-state index contributed by atoms with van der Waals surface area (Å²) in [5.41, 5.74) is 7.13. The number of rotatable bonds is 12. The Morgan fingerprint density at radius 3 is 2.45 bits per heavy atom. The zero-order chi connectivity index (χ0) is 54.9. The molecule has 5 aromatic rings. The Kier molecular flexibility index (Phi) is 13.4. The van der Waals surface area contributed by atoms with Crippen molar-refractivity contribution < 1.29 is 38.7 Å². The van der Waals surface area contributed by atoms with Gasteiger partial charge in [-0.15, -0.1) is 0 Å². The molecule has 21 nitrogen and oxygen atoms in total. The van der Waals surface area contributed by atoms with Gasteiger partial charge >= 0.3 is 0 Å². The predicted molar refractivity (Wildman–Crippen MR) is 290 cm³/mol. The van der Waals surface area contributed by atoms with E-state index < -0.39 is 47.7 Å². The molecule has 3 saturated heterocycles. The molecule has 3 fully saturated rings.